The number of ether oxygens (including phenoxy) is 1. The first-order valence-electron chi connectivity index (χ1n) is 7.94. The molecule has 1 aromatic heterocycles. The maximum Gasteiger partial charge on any atom is 0.349 e. The fourth-order valence-electron chi connectivity index (χ4n) is 2.82. The second-order valence-corrected chi connectivity index (χ2v) is 6.29. The van der Waals surface area contributed by atoms with E-state index in [0.29, 0.717) is 17.9 Å². The van der Waals surface area contributed by atoms with Crippen molar-refractivity contribution >= 4 is 17.5 Å². The summed E-state index contributed by atoms with van der Waals surface area (Å²) >= 11 is 5.93. The van der Waals surface area contributed by atoms with Crippen LogP contribution in [0.1, 0.15) is 46.2 Å². The van der Waals surface area contributed by atoms with Crippen LogP contribution in [-0.4, -0.2) is 12.5 Å². The van der Waals surface area contributed by atoms with Gasteiger partial charge in [-0.3, -0.25) is 4.79 Å². The zero-order valence-electron chi connectivity index (χ0n) is 13.6. The third kappa shape index (κ3) is 3.75. The molecule has 2 aromatic rings. The molecule has 0 bridgehead atoms. The lowest BCUT2D eigenvalue weighted by atomic mass is 10.1. The molecule has 0 spiro atoms. The van der Waals surface area contributed by atoms with Gasteiger partial charge >= 0.3 is 5.63 Å². The molecule has 1 amide bonds. The zero-order valence-corrected chi connectivity index (χ0v) is 14.4. The van der Waals surface area contributed by atoms with E-state index in [-0.39, 0.29) is 28.8 Å². The van der Waals surface area contributed by atoms with Crippen molar-refractivity contribution in [3.63, 3.8) is 0 Å². The Kier molecular flexibility index (Phi) is 5.20. The number of aryl methyl sites for hydroxylation is 1. The van der Waals surface area contributed by atoms with Gasteiger partial charge in [-0.2, -0.15) is 0 Å². The predicted octanol–water partition coefficient (Wildman–Crippen LogP) is 3.52. The lowest BCUT2D eigenvalue weighted by Crippen LogP contribution is -2.30. The predicted molar refractivity (Wildman–Crippen MR) is 90.2 cm³/mol. The van der Waals surface area contributed by atoms with Crippen LogP contribution in [0.5, 0.6) is 0 Å². The van der Waals surface area contributed by atoms with Gasteiger partial charge in [0.2, 0.25) is 0 Å². The average molecular weight is 366 g/mol. The van der Waals surface area contributed by atoms with Gasteiger partial charge in [-0.25, -0.2) is 9.18 Å². The van der Waals surface area contributed by atoms with Gasteiger partial charge in [-0.15, -0.1) is 0 Å². The van der Waals surface area contributed by atoms with E-state index < -0.39 is 17.3 Å². The van der Waals surface area contributed by atoms with E-state index in [4.69, 9.17) is 20.8 Å². The molecule has 1 unspecified atom stereocenters. The van der Waals surface area contributed by atoms with E-state index in [0.717, 1.165) is 12.8 Å². The summed E-state index contributed by atoms with van der Waals surface area (Å²) in [6.07, 6.45) is 1.43. The molecule has 3 rings (SSSR count). The summed E-state index contributed by atoms with van der Waals surface area (Å²) < 4.78 is 24.5. The minimum Gasteiger partial charge on any atom is -0.424 e. The smallest absolute Gasteiger partial charge is 0.349 e. The summed E-state index contributed by atoms with van der Waals surface area (Å²) in [4.78, 5) is 24.6. The maximum absolute atomic E-state index is 13.8. The second kappa shape index (κ2) is 7.37. The molecule has 1 aliphatic rings. The molecule has 5 nitrogen and oxygen atoms in total. The Morgan fingerprint density at radius 1 is 1.44 bits per heavy atom. The lowest BCUT2D eigenvalue weighted by Gasteiger charge is -2.12. The topological polar surface area (TPSA) is 68.5 Å². The van der Waals surface area contributed by atoms with Crippen LogP contribution >= 0.6 is 11.6 Å². The summed E-state index contributed by atoms with van der Waals surface area (Å²) in [5.41, 5.74) is -0.189. The Bertz CT molecular complexity index is 838. The van der Waals surface area contributed by atoms with Crippen molar-refractivity contribution in [3.05, 3.63) is 68.0 Å². The van der Waals surface area contributed by atoms with Gasteiger partial charge in [-0.05, 0) is 43.5 Å². The van der Waals surface area contributed by atoms with Crippen LogP contribution in [0.3, 0.4) is 0 Å². The van der Waals surface area contributed by atoms with Gasteiger partial charge < -0.3 is 14.5 Å². The molecule has 0 saturated carbocycles. The fourth-order valence-corrected chi connectivity index (χ4v) is 3.05. The number of halogens is 2. The molecule has 132 valence electrons. The number of hydrogen-bond donors (Lipinski definition) is 1. The maximum atomic E-state index is 13.8. The molecule has 1 saturated heterocycles. The van der Waals surface area contributed by atoms with Gasteiger partial charge in [0.25, 0.3) is 5.91 Å². The molecule has 1 N–H and O–H groups in total. The van der Waals surface area contributed by atoms with Crippen molar-refractivity contribution in [1.29, 1.82) is 0 Å². The Hall–Kier alpha value is -2.18. The summed E-state index contributed by atoms with van der Waals surface area (Å²) in [6, 6.07) is 5.90. The van der Waals surface area contributed by atoms with Crippen molar-refractivity contribution in [2.75, 3.05) is 6.61 Å². The Balaban J connectivity index is 1.79. The molecule has 7 heteroatoms. The quantitative estimate of drug-likeness (QED) is 0.900. The zero-order chi connectivity index (χ0) is 18.0. The fraction of sp³-hybridized carbons (Fsp3) is 0.333. The lowest BCUT2D eigenvalue weighted by molar-refractivity contribution is 0.0882. The molecule has 1 aliphatic heterocycles. The molecule has 1 fully saturated rings. The van der Waals surface area contributed by atoms with Crippen molar-refractivity contribution in [1.82, 2.24) is 5.32 Å². The standard InChI is InChI=1S/C18H17ClFNO4/c1-10-8-15(14-6-3-7-24-14)25-18(23)16(10)17(22)21-9-11-12(19)4-2-5-13(11)20/h2,4-5,8,14H,3,6-7,9H2,1H3,(H,21,22). The number of hydrogen-bond acceptors (Lipinski definition) is 4. The van der Waals surface area contributed by atoms with E-state index >= 15 is 0 Å². The van der Waals surface area contributed by atoms with Crippen molar-refractivity contribution < 1.29 is 18.3 Å². The molecule has 25 heavy (non-hydrogen) atoms. The second-order valence-electron chi connectivity index (χ2n) is 5.88. The van der Waals surface area contributed by atoms with Crippen LogP contribution in [0.2, 0.25) is 5.02 Å². The van der Waals surface area contributed by atoms with Gasteiger partial charge in [-0.1, -0.05) is 17.7 Å². The number of rotatable bonds is 4. The third-order valence-corrected chi connectivity index (χ3v) is 4.48. The molecule has 1 aromatic carbocycles. The van der Waals surface area contributed by atoms with E-state index in [9.17, 15) is 14.0 Å². The highest BCUT2D eigenvalue weighted by molar-refractivity contribution is 6.31. The molecular formula is C18H17ClFNO4. The molecule has 2 heterocycles. The number of benzene rings is 1. The number of carbonyl (C=O) groups excluding carboxylic acids is 1. The first-order valence-corrected chi connectivity index (χ1v) is 8.32. The van der Waals surface area contributed by atoms with Crippen molar-refractivity contribution in [2.45, 2.75) is 32.4 Å². The van der Waals surface area contributed by atoms with E-state index in [1.807, 2.05) is 0 Å². The van der Waals surface area contributed by atoms with Crippen LogP contribution in [0.15, 0.2) is 33.5 Å². The highest BCUT2D eigenvalue weighted by atomic mass is 35.5. The minimum atomic E-state index is -0.734. The number of nitrogens with one attached hydrogen (secondary N) is 1. The SMILES string of the molecule is Cc1cc(C2CCCO2)oc(=O)c1C(=O)NCc1c(F)cccc1Cl. The summed E-state index contributed by atoms with van der Waals surface area (Å²) in [5.74, 6) is -0.733. The van der Waals surface area contributed by atoms with Gasteiger partial charge in [0, 0.05) is 23.7 Å². The summed E-state index contributed by atoms with van der Waals surface area (Å²) in [7, 11) is 0. The highest BCUT2D eigenvalue weighted by Gasteiger charge is 2.24. The van der Waals surface area contributed by atoms with Gasteiger partial charge in [0.05, 0.1) is 0 Å². The van der Waals surface area contributed by atoms with Crippen molar-refractivity contribution in [3.8, 4) is 0 Å². The van der Waals surface area contributed by atoms with Crippen LogP contribution in [0.25, 0.3) is 0 Å². The monoisotopic (exact) mass is 365 g/mol. The van der Waals surface area contributed by atoms with Crippen LogP contribution in [0, 0.1) is 12.7 Å². The highest BCUT2D eigenvalue weighted by Crippen LogP contribution is 2.28. The summed E-state index contributed by atoms with van der Waals surface area (Å²) in [6.45, 7) is 2.15. The van der Waals surface area contributed by atoms with E-state index in [1.54, 1.807) is 13.0 Å². The van der Waals surface area contributed by atoms with Crippen molar-refractivity contribution in [2.24, 2.45) is 0 Å². The first-order chi connectivity index (χ1) is 12.0. The van der Waals surface area contributed by atoms with Gasteiger partial charge in [0.15, 0.2) is 0 Å². The Morgan fingerprint density at radius 2 is 2.24 bits per heavy atom. The third-order valence-electron chi connectivity index (χ3n) is 4.13. The normalized spacial score (nSPS) is 16.8. The van der Waals surface area contributed by atoms with E-state index in [2.05, 4.69) is 5.32 Å². The average Bonchev–Trinajstić information content (AvgIpc) is 3.08. The van der Waals surface area contributed by atoms with Gasteiger partial charge in [0.1, 0.15) is 23.2 Å². The molecular weight excluding hydrogens is 349 g/mol. The molecule has 0 radical (unpaired) electrons. The van der Waals surface area contributed by atoms with E-state index in [1.165, 1.54) is 18.2 Å². The largest absolute Gasteiger partial charge is 0.424 e. The molecule has 0 aliphatic carbocycles. The number of amides is 1. The van der Waals surface area contributed by atoms with Crippen LogP contribution in [0.4, 0.5) is 4.39 Å². The summed E-state index contributed by atoms with van der Waals surface area (Å²) in [5, 5.41) is 2.72. The Morgan fingerprint density at radius 3 is 2.88 bits per heavy atom. The van der Waals surface area contributed by atoms with Crippen LogP contribution in [-0.2, 0) is 11.3 Å². The number of carbonyl (C=O) groups is 1. The first kappa shape index (κ1) is 17.6. The van der Waals surface area contributed by atoms with Crippen LogP contribution < -0.4 is 10.9 Å². The molecule has 1 atom stereocenters. The minimum absolute atomic E-state index is 0.103. The Labute approximate surface area is 148 Å².